The Kier molecular flexibility index (Phi) is 3.97. The molecule has 1 amide bonds. The van der Waals surface area contributed by atoms with Crippen LogP contribution < -0.4 is 4.74 Å². The maximum atomic E-state index is 14.2. The fourth-order valence-corrected chi connectivity index (χ4v) is 4.25. The summed E-state index contributed by atoms with van der Waals surface area (Å²) in [5.41, 5.74) is -1.68. The predicted molar refractivity (Wildman–Crippen MR) is 80.9 cm³/mol. The van der Waals surface area contributed by atoms with Crippen LogP contribution in [0.4, 0.5) is 8.78 Å². The van der Waals surface area contributed by atoms with E-state index in [9.17, 15) is 23.5 Å². The van der Waals surface area contributed by atoms with Crippen LogP contribution in [0.15, 0.2) is 12.1 Å². The molecule has 3 rings (SSSR count). The SMILES string of the molecule is CC[C@@]1(C(=O)O)C[C@@H]2CC[C@H]1N2C(=O)c1c(F)cc(OC)cc1F. The van der Waals surface area contributed by atoms with Gasteiger partial charge in [-0.05, 0) is 25.7 Å². The number of methoxy groups -OCH3 is 1. The first-order chi connectivity index (χ1) is 11.4. The third kappa shape index (κ3) is 2.17. The molecule has 24 heavy (non-hydrogen) atoms. The minimum Gasteiger partial charge on any atom is -0.497 e. The van der Waals surface area contributed by atoms with E-state index >= 15 is 0 Å². The first kappa shape index (κ1) is 16.7. The van der Waals surface area contributed by atoms with Gasteiger partial charge in [0, 0.05) is 24.2 Å². The number of carbonyl (C=O) groups is 2. The first-order valence-corrected chi connectivity index (χ1v) is 7.94. The predicted octanol–water partition coefficient (Wildman–Crippen LogP) is 2.83. The number of carbonyl (C=O) groups excluding carboxylic acids is 1. The number of aliphatic carboxylic acids is 1. The second-order valence-corrected chi connectivity index (χ2v) is 6.44. The maximum Gasteiger partial charge on any atom is 0.311 e. The molecule has 1 N–H and O–H groups in total. The molecule has 0 radical (unpaired) electrons. The van der Waals surface area contributed by atoms with Crippen molar-refractivity contribution in [2.45, 2.75) is 44.7 Å². The molecular formula is C17H19F2NO4. The Morgan fingerprint density at radius 2 is 1.96 bits per heavy atom. The Bertz CT molecular complexity index is 685. The van der Waals surface area contributed by atoms with Crippen molar-refractivity contribution in [3.8, 4) is 5.75 Å². The molecule has 0 aliphatic carbocycles. The van der Waals surface area contributed by atoms with Gasteiger partial charge >= 0.3 is 5.97 Å². The summed E-state index contributed by atoms with van der Waals surface area (Å²) in [4.78, 5) is 25.9. The summed E-state index contributed by atoms with van der Waals surface area (Å²) in [6, 6.07) is 1.09. The molecule has 2 aliphatic heterocycles. The van der Waals surface area contributed by atoms with Crippen LogP contribution in [0, 0.1) is 17.0 Å². The van der Waals surface area contributed by atoms with Gasteiger partial charge in [-0.2, -0.15) is 0 Å². The van der Waals surface area contributed by atoms with Crippen molar-refractivity contribution in [1.29, 1.82) is 0 Å². The fourth-order valence-electron chi connectivity index (χ4n) is 4.25. The van der Waals surface area contributed by atoms with Crippen LogP contribution in [0.2, 0.25) is 0 Å². The first-order valence-electron chi connectivity index (χ1n) is 7.94. The molecule has 7 heteroatoms. The van der Waals surface area contributed by atoms with Gasteiger partial charge in [-0.3, -0.25) is 9.59 Å². The molecule has 0 unspecified atom stereocenters. The standard InChI is InChI=1S/C17H19F2NO4/c1-3-17(16(22)23)8-9-4-5-13(17)20(9)15(21)14-11(18)6-10(24-2)7-12(14)19/h6-7,9,13H,3-5,8H2,1-2H3,(H,22,23)/t9-,13+,17+/m0/s1. The van der Waals surface area contributed by atoms with Gasteiger partial charge in [0.2, 0.25) is 0 Å². The van der Waals surface area contributed by atoms with Gasteiger partial charge in [-0.25, -0.2) is 8.78 Å². The largest absolute Gasteiger partial charge is 0.497 e. The van der Waals surface area contributed by atoms with Crippen LogP contribution >= 0.6 is 0 Å². The van der Waals surface area contributed by atoms with E-state index in [-0.39, 0.29) is 11.8 Å². The normalized spacial score (nSPS) is 28.2. The summed E-state index contributed by atoms with van der Waals surface area (Å²) >= 11 is 0. The number of nitrogens with zero attached hydrogens (tertiary/aromatic N) is 1. The van der Waals surface area contributed by atoms with E-state index in [1.165, 1.54) is 12.0 Å². The third-order valence-corrected chi connectivity index (χ3v) is 5.50. The number of halogens is 2. The minimum atomic E-state index is -1.03. The highest BCUT2D eigenvalue weighted by molar-refractivity contribution is 5.96. The molecule has 3 atom stereocenters. The molecule has 0 spiro atoms. The van der Waals surface area contributed by atoms with E-state index in [1.54, 1.807) is 6.92 Å². The molecule has 1 aromatic rings. The number of fused-ring (bicyclic) bond motifs is 2. The zero-order valence-electron chi connectivity index (χ0n) is 13.5. The van der Waals surface area contributed by atoms with E-state index in [0.29, 0.717) is 25.7 Å². The molecule has 2 heterocycles. The van der Waals surface area contributed by atoms with Gasteiger partial charge < -0.3 is 14.7 Å². The number of amides is 1. The Morgan fingerprint density at radius 1 is 1.33 bits per heavy atom. The zero-order chi connectivity index (χ0) is 17.6. The van der Waals surface area contributed by atoms with E-state index < -0.39 is 40.5 Å². The van der Waals surface area contributed by atoms with Crippen molar-refractivity contribution >= 4 is 11.9 Å². The molecule has 0 aromatic heterocycles. The monoisotopic (exact) mass is 339 g/mol. The summed E-state index contributed by atoms with van der Waals surface area (Å²) in [5, 5.41) is 9.63. The van der Waals surface area contributed by atoms with E-state index in [2.05, 4.69) is 0 Å². The lowest BCUT2D eigenvalue weighted by Gasteiger charge is -2.32. The lowest BCUT2D eigenvalue weighted by Crippen LogP contribution is -2.45. The second-order valence-electron chi connectivity index (χ2n) is 6.44. The van der Waals surface area contributed by atoms with Gasteiger partial charge in [0.15, 0.2) is 0 Å². The summed E-state index contributed by atoms with van der Waals surface area (Å²) in [7, 11) is 1.28. The topological polar surface area (TPSA) is 66.8 Å². The van der Waals surface area contributed by atoms with Gasteiger partial charge in [0.05, 0.1) is 12.5 Å². The zero-order valence-corrected chi connectivity index (χ0v) is 13.5. The molecule has 2 aliphatic rings. The highest BCUT2D eigenvalue weighted by Crippen LogP contribution is 2.52. The Labute approximate surface area is 138 Å². The van der Waals surface area contributed by atoms with Crippen molar-refractivity contribution < 1.29 is 28.2 Å². The summed E-state index contributed by atoms with van der Waals surface area (Å²) < 4.78 is 33.2. The van der Waals surface area contributed by atoms with Crippen molar-refractivity contribution in [2.24, 2.45) is 5.41 Å². The average Bonchev–Trinajstić information content (AvgIpc) is 3.09. The summed E-state index contributed by atoms with van der Waals surface area (Å²) in [6.07, 6.45) is 1.90. The molecule has 2 fully saturated rings. The van der Waals surface area contributed by atoms with Crippen molar-refractivity contribution in [2.75, 3.05) is 7.11 Å². The van der Waals surface area contributed by atoms with Gasteiger partial charge in [-0.1, -0.05) is 6.92 Å². The second kappa shape index (κ2) is 5.72. The number of benzene rings is 1. The summed E-state index contributed by atoms with van der Waals surface area (Å²) in [5.74, 6) is -3.75. The van der Waals surface area contributed by atoms with E-state index in [0.717, 1.165) is 12.1 Å². The molecule has 5 nitrogen and oxygen atoms in total. The van der Waals surface area contributed by atoms with E-state index in [1.807, 2.05) is 0 Å². The Balaban J connectivity index is 1.99. The number of rotatable bonds is 4. The van der Waals surface area contributed by atoms with Crippen molar-refractivity contribution in [3.63, 3.8) is 0 Å². The Hall–Kier alpha value is -2.18. The van der Waals surface area contributed by atoms with Crippen LogP contribution in [0.1, 0.15) is 43.0 Å². The van der Waals surface area contributed by atoms with Crippen LogP contribution in [-0.4, -0.2) is 41.1 Å². The maximum absolute atomic E-state index is 14.2. The summed E-state index contributed by atoms with van der Waals surface area (Å²) in [6.45, 7) is 1.77. The fraction of sp³-hybridized carbons (Fsp3) is 0.529. The number of hydrogen-bond acceptors (Lipinski definition) is 3. The molecule has 130 valence electrons. The lowest BCUT2D eigenvalue weighted by atomic mass is 9.72. The van der Waals surface area contributed by atoms with Crippen molar-refractivity contribution in [1.82, 2.24) is 4.90 Å². The van der Waals surface area contributed by atoms with Crippen molar-refractivity contribution in [3.05, 3.63) is 29.3 Å². The third-order valence-electron chi connectivity index (χ3n) is 5.50. The van der Waals surface area contributed by atoms with Crippen LogP contribution in [0.25, 0.3) is 0 Å². The van der Waals surface area contributed by atoms with Gasteiger partial charge in [0.25, 0.3) is 5.91 Å². The van der Waals surface area contributed by atoms with Gasteiger partial charge in [-0.15, -0.1) is 0 Å². The number of hydrogen-bond donors (Lipinski definition) is 1. The molecule has 1 aromatic carbocycles. The molecule has 2 saturated heterocycles. The van der Waals surface area contributed by atoms with Crippen LogP contribution in [-0.2, 0) is 4.79 Å². The smallest absolute Gasteiger partial charge is 0.311 e. The molecule has 2 bridgehead atoms. The number of ether oxygens (including phenoxy) is 1. The number of carboxylic acid groups (broad SMARTS) is 1. The molecule has 0 saturated carbocycles. The quantitative estimate of drug-likeness (QED) is 0.916. The minimum absolute atomic E-state index is 0.0145. The van der Waals surface area contributed by atoms with Crippen LogP contribution in [0.3, 0.4) is 0 Å². The Morgan fingerprint density at radius 3 is 2.42 bits per heavy atom. The van der Waals surface area contributed by atoms with E-state index in [4.69, 9.17) is 4.74 Å². The highest BCUT2D eigenvalue weighted by Gasteiger charge is 2.60. The van der Waals surface area contributed by atoms with Crippen LogP contribution in [0.5, 0.6) is 5.75 Å². The average molecular weight is 339 g/mol. The highest BCUT2D eigenvalue weighted by atomic mass is 19.1. The molecular weight excluding hydrogens is 320 g/mol. The lowest BCUT2D eigenvalue weighted by molar-refractivity contribution is -0.151. The van der Waals surface area contributed by atoms with Gasteiger partial charge in [0.1, 0.15) is 22.9 Å². The number of carboxylic acids is 1.